The summed E-state index contributed by atoms with van der Waals surface area (Å²) >= 11 is 1.62. The number of hydrogen-bond donors (Lipinski definition) is 1. The highest BCUT2D eigenvalue weighted by Crippen LogP contribution is 2.36. The number of benzene rings is 1. The Hall–Kier alpha value is -1.55. The third-order valence-corrected chi connectivity index (χ3v) is 3.49. The summed E-state index contributed by atoms with van der Waals surface area (Å²) < 4.78 is 5.47. The zero-order valence-electron chi connectivity index (χ0n) is 10.5. The highest BCUT2D eigenvalue weighted by Gasteiger charge is 2.12. The first-order valence-electron chi connectivity index (χ1n) is 5.44. The summed E-state index contributed by atoms with van der Waals surface area (Å²) in [4.78, 5) is 4.52. The number of methoxy groups -OCH3 is 1. The van der Waals surface area contributed by atoms with Crippen LogP contribution in [0.25, 0.3) is 10.6 Å². The van der Waals surface area contributed by atoms with Crippen LogP contribution in [0.3, 0.4) is 0 Å². The van der Waals surface area contributed by atoms with Gasteiger partial charge in [-0.05, 0) is 31.0 Å². The van der Waals surface area contributed by atoms with E-state index in [1.54, 1.807) is 18.4 Å². The van der Waals surface area contributed by atoms with Crippen molar-refractivity contribution < 1.29 is 4.74 Å². The Morgan fingerprint density at radius 2 is 2.06 bits per heavy atom. The summed E-state index contributed by atoms with van der Waals surface area (Å²) in [6.07, 6.45) is 0. The number of ether oxygens (including phenoxy) is 1. The van der Waals surface area contributed by atoms with E-state index in [4.69, 9.17) is 4.74 Å². The second-order valence-electron chi connectivity index (χ2n) is 3.95. The van der Waals surface area contributed by atoms with Gasteiger partial charge in [0.15, 0.2) is 0 Å². The lowest BCUT2D eigenvalue weighted by atomic mass is 10.1. The van der Waals surface area contributed by atoms with Gasteiger partial charge in [0.05, 0.1) is 12.7 Å². The Morgan fingerprint density at radius 3 is 2.65 bits per heavy atom. The van der Waals surface area contributed by atoms with Crippen molar-refractivity contribution in [1.82, 2.24) is 4.98 Å². The van der Waals surface area contributed by atoms with Crippen LogP contribution in [0, 0.1) is 13.8 Å². The minimum absolute atomic E-state index is 0.895. The lowest BCUT2D eigenvalue weighted by molar-refractivity contribution is 0.413. The summed E-state index contributed by atoms with van der Waals surface area (Å²) in [5, 5.41) is 6.03. The van der Waals surface area contributed by atoms with Gasteiger partial charge in [-0.3, -0.25) is 0 Å². The molecule has 1 heterocycles. The van der Waals surface area contributed by atoms with Gasteiger partial charge in [-0.1, -0.05) is 6.07 Å². The van der Waals surface area contributed by atoms with E-state index in [0.29, 0.717) is 0 Å². The molecular weight excluding hydrogens is 232 g/mol. The average molecular weight is 248 g/mol. The highest BCUT2D eigenvalue weighted by atomic mass is 32.1. The van der Waals surface area contributed by atoms with Crippen molar-refractivity contribution in [2.75, 3.05) is 19.5 Å². The number of anilines is 1. The zero-order valence-corrected chi connectivity index (χ0v) is 11.3. The van der Waals surface area contributed by atoms with E-state index in [1.807, 2.05) is 12.4 Å². The fourth-order valence-electron chi connectivity index (χ4n) is 1.90. The van der Waals surface area contributed by atoms with Gasteiger partial charge in [0, 0.05) is 12.4 Å². The number of nitrogens with zero attached hydrogens (tertiary/aromatic N) is 1. The lowest BCUT2D eigenvalue weighted by Gasteiger charge is -2.10. The fourth-order valence-corrected chi connectivity index (χ4v) is 2.72. The molecule has 1 N–H and O–H groups in total. The predicted octanol–water partition coefficient (Wildman–Crippen LogP) is 3.48. The number of aryl methyl sites for hydroxylation is 2. The topological polar surface area (TPSA) is 34.1 Å². The molecule has 0 fully saturated rings. The van der Waals surface area contributed by atoms with E-state index in [1.165, 1.54) is 5.56 Å². The van der Waals surface area contributed by atoms with Crippen molar-refractivity contribution in [3.8, 4) is 16.3 Å². The fraction of sp³-hybridized carbons (Fsp3) is 0.308. The molecule has 0 aliphatic rings. The number of nitrogens with one attached hydrogen (secondary N) is 1. The van der Waals surface area contributed by atoms with Gasteiger partial charge < -0.3 is 10.1 Å². The summed E-state index contributed by atoms with van der Waals surface area (Å²) in [5.41, 5.74) is 3.43. The van der Waals surface area contributed by atoms with Gasteiger partial charge in [-0.2, -0.15) is 0 Å². The van der Waals surface area contributed by atoms with Gasteiger partial charge in [0.1, 0.15) is 16.6 Å². The average Bonchev–Trinajstić information content (AvgIpc) is 2.76. The summed E-state index contributed by atoms with van der Waals surface area (Å²) in [6, 6.07) is 4.24. The maximum absolute atomic E-state index is 5.47. The summed E-state index contributed by atoms with van der Waals surface area (Å²) in [7, 11) is 3.57. The van der Waals surface area contributed by atoms with Crippen LogP contribution in [0.15, 0.2) is 17.5 Å². The van der Waals surface area contributed by atoms with E-state index in [-0.39, 0.29) is 0 Å². The molecule has 1 aromatic heterocycles. The Morgan fingerprint density at radius 1 is 1.29 bits per heavy atom. The van der Waals surface area contributed by atoms with Crippen LogP contribution in [0.1, 0.15) is 11.1 Å². The van der Waals surface area contributed by atoms with Crippen molar-refractivity contribution >= 4 is 17.2 Å². The molecule has 2 rings (SSSR count). The van der Waals surface area contributed by atoms with Crippen LogP contribution >= 0.6 is 11.3 Å². The number of aromatic nitrogens is 1. The van der Waals surface area contributed by atoms with Crippen LogP contribution in [-0.4, -0.2) is 19.1 Å². The molecule has 4 heteroatoms. The molecule has 0 saturated carbocycles. The van der Waals surface area contributed by atoms with Crippen LogP contribution in [0.5, 0.6) is 5.75 Å². The number of thiazole rings is 1. The molecule has 17 heavy (non-hydrogen) atoms. The molecule has 0 atom stereocenters. The molecule has 0 aliphatic heterocycles. The largest absolute Gasteiger partial charge is 0.496 e. The monoisotopic (exact) mass is 248 g/mol. The maximum atomic E-state index is 5.47. The van der Waals surface area contributed by atoms with Crippen molar-refractivity contribution in [2.24, 2.45) is 0 Å². The Bertz CT molecular complexity index is 534. The molecule has 0 aliphatic carbocycles. The summed E-state index contributed by atoms with van der Waals surface area (Å²) in [6.45, 7) is 4.14. The molecule has 0 amide bonds. The molecule has 3 nitrogen and oxygen atoms in total. The van der Waals surface area contributed by atoms with Gasteiger partial charge in [0.25, 0.3) is 0 Å². The predicted molar refractivity (Wildman–Crippen MR) is 73.1 cm³/mol. The van der Waals surface area contributed by atoms with E-state index < -0.39 is 0 Å². The molecule has 0 radical (unpaired) electrons. The highest BCUT2D eigenvalue weighted by molar-refractivity contribution is 7.13. The van der Waals surface area contributed by atoms with Gasteiger partial charge >= 0.3 is 0 Å². The van der Waals surface area contributed by atoms with Crippen LogP contribution in [0.4, 0.5) is 5.82 Å². The van der Waals surface area contributed by atoms with Crippen molar-refractivity contribution in [3.05, 3.63) is 28.6 Å². The standard InChI is InChI=1S/C13H16N2OS/c1-8-5-9(2)12(16-4)10(6-8)13-15-11(14-3)7-17-13/h5-7,14H,1-4H3. The Kier molecular flexibility index (Phi) is 3.33. The van der Waals surface area contributed by atoms with Gasteiger partial charge in [-0.25, -0.2) is 4.98 Å². The first-order valence-corrected chi connectivity index (χ1v) is 6.32. The second kappa shape index (κ2) is 4.75. The number of hydrogen-bond acceptors (Lipinski definition) is 4. The Labute approximate surface area is 105 Å². The van der Waals surface area contributed by atoms with E-state index >= 15 is 0 Å². The molecular formula is C13H16N2OS. The summed E-state index contributed by atoms with van der Waals surface area (Å²) in [5.74, 6) is 1.80. The zero-order chi connectivity index (χ0) is 12.4. The molecule has 90 valence electrons. The third kappa shape index (κ3) is 2.26. The Balaban J connectivity index is 2.57. The molecule has 0 saturated heterocycles. The lowest BCUT2D eigenvalue weighted by Crippen LogP contribution is -1.93. The second-order valence-corrected chi connectivity index (χ2v) is 4.81. The van der Waals surface area contributed by atoms with Crippen LogP contribution in [0.2, 0.25) is 0 Å². The van der Waals surface area contributed by atoms with E-state index in [0.717, 1.165) is 27.7 Å². The molecule has 2 aromatic rings. The molecule has 0 unspecified atom stereocenters. The first kappa shape index (κ1) is 11.9. The molecule has 0 bridgehead atoms. The minimum Gasteiger partial charge on any atom is -0.496 e. The van der Waals surface area contributed by atoms with Crippen LogP contribution < -0.4 is 10.1 Å². The van der Waals surface area contributed by atoms with Crippen molar-refractivity contribution in [1.29, 1.82) is 0 Å². The minimum atomic E-state index is 0.895. The molecule has 0 spiro atoms. The van der Waals surface area contributed by atoms with Crippen molar-refractivity contribution in [2.45, 2.75) is 13.8 Å². The first-order chi connectivity index (χ1) is 8.15. The van der Waals surface area contributed by atoms with Crippen LogP contribution in [-0.2, 0) is 0 Å². The quantitative estimate of drug-likeness (QED) is 0.903. The maximum Gasteiger partial charge on any atom is 0.137 e. The van der Waals surface area contributed by atoms with Gasteiger partial charge in [0.2, 0.25) is 0 Å². The third-order valence-electron chi connectivity index (χ3n) is 2.61. The smallest absolute Gasteiger partial charge is 0.137 e. The number of rotatable bonds is 3. The van der Waals surface area contributed by atoms with E-state index in [9.17, 15) is 0 Å². The van der Waals surface area contributed by atoms with E-state index in [2.05, 4.69) is 36.3 Å². The SMILES string of the molecule is CNc1csc(-c2cc(C)cc(C)c2OC)n1. The molecule has 1 aromatic carbocycles. The normalized spacial score (nSPS) is 10.4. The van der Waals surface area contributed by atoms with Gasteiger partial charge in [-0.15, -0.1) is 11.3 Å². The van der Waals surface area contributed by atoms with Crippen molar-refractivity contribution in [3.63, 3.8) is 0 Å².